The smallest absolute Gasteiger partial charge is 0.173 e. The van der Waals surface area contributed by atoms with Gasteiger partial charge in [-0.25, -0.2) is 9.13 Å². The Labute approximate surface area is 420 Å². The third kappa shape index (κ3) is 16.8. The van der Waals surface area contributed by atoms with Gasteiger partial charge in [0.25, 0.3) is 0 Å². The highest BCUT2D eigenvalue weighted by atomic mass is 16.6. The molecule has 0 radical (unpaired) electrons. The first kappa shape index (κ1) is 52.4. The quantitative estimate of drug-likeness (QED) is 0.0893. The molecule has 71 heavy (non-hydrogen) atoms. The molecular formula is C59H71N3O9+2. The standard InChI is InChI=1S/C59H71N3O9/c1-6-25-71-59-53(45(2)3)38-50(39-54(59)46(4)5)44-62-23-19-52(20-24-62)51-17-21-61(22-18-51)43-48-13-11-47(12-14-48)41-60-42-49-15-16-57-58(40-49)70-37-33-66-29-28-64-31-35-68-56-10-8-7-9-55(56)67-34-30-63-26-27-65-32-36-69-57/h1,7-24,38-40,45-46,60H,25-37,41-44H2,2-5H3/q+2. The molecule has 0 aliphatic carbocycles. The lowest BCUT2D eigenvalue weighted by molar-refractivity contribution is -0.688. The lowest BCUT2D eigenvalue weighted by Crippen LogP contribution is -2.33. The van der Waals surface area contributed by atoms with Crippen LogP contribution in [0.3, 0.4) is 0 Å². The molecule has 3 heterocycles. The Morgan fingerprint density at radius 2 is 0.887 bits per heavy atom. The Morgan fingerprint density at radius 1 is 0.479 bits per heavy atom. The first-order valence-corrected chi connectivity index (χ1v) is 24.9. The second-order valence-electron chi connectivity index (χ2n) is 17.9. The minimum atomic E-state index is 0.270. The molecule has 374 valence electrons. The number of pyridine rings is 2. The van der Waals surface area contributed by atoms with Crippen LogP contribution in [-0.4, -0.2) is 85.9 Å². The summed E-state index contributed by atoms with van der Waals surface area (Å²) in [5.41, 5.74) is 9.53. The van der Waals surface area contributed by atoms with Gasteiger partial charge in [-0.2, -0.15) is 0 Å². The van der Waals surface area contributed by atoms with Crippen molar-refractivity contribution in [1.29, 1.82) is 0 Å². The van der Waals surface area contributed by atoms with E-state index in [1.165, 1.54) is 38.9 Å². The molecular weight excluding hydrogens is 895 g/mol. The first-order valence-electron chi connectivity index (χ1n) is 24.9. The monoisotopic (exact) mass is 966 g/mol. The summed E-state index contributed by atoms with van der Waals surface area (Å²) in [7, 11) is 0. The largest absolute Gasteiger partial charge is 0.487 e. The van der Waals surface area contributed by atoms with Crippen molar-refractivity contribution < 1.29 is 51.8 Å². The highest BCUT2D eigenvalue weighted by Gasteiger charge is 2.19. The number of para-hydroxylation sites is 2. The van der Waals surface area contributed by atoms with Crippen LogP contribution in [0.2, 0.25) is 0 Å². The summed E-state index contributed by atoms with van der Waals surface area (Å²) in [5.74, 6) is 6.86. The number of hydrogen-bond acceptors (Lipinski definition) is 10. The maximum Gasteiger partial charge on any atom is 0.173 e. The van der Waals surface area contributed by atoms with Crippen molar-refractivity contribution in [3.63, 3.8) is 0 Å². The van der Waals surface area contributed by atoms with E-state index in [-0.39, 0.29) is 6.61 Å². The SMILES string of the molecule is C#CCOc1c(C(C)C)cc(C[n+]2ccc(-c3cc[n+](Cc4ccc(CNCc5ccc6c(c5)OCCOCCOCCOc5ccccc5OCCOCCOCCO6)cc4)cc3)cc2)cc1C(C)C. The molecule has 0 atom stereocenters. The van der Waals surface area contributed by atoms with E-state index in [1.54, 1.807) is 0 Å². The molecule has 6 aromatic rings. The molecule has 7 rings (SSSR count). The summed E-state index contributed by atoms with van der Waals surface area (Å²) < 4.78 is 57.5. The summed E-state index contributed by atoms with van der Waals surface area (Å²) >= 11 is 0. The van der Waals surface area contributed by atoms with Crippen molar-refractivity contribution in [2.45, 2.75) is 65.7 Å². The molecule has 0 bridgehead atoms. The summed E-state index contributed by atoms with van der Waals surface area (Å²) in [4.78, 5) is 0. The number of terminal acetylenes is 1. The van der Waals surface area contributed by atoms with Gasteiger partial charge in [-0.3, -0.25) is 0 Å². The fraction of sp³-hybridized carbons (Fsp3) is 0.390. The number of ether oxygens (including phenoxy) is 9. The molecule has 2 aromatic heterocycles. The van der Waals surface area contributed by atoms with Crippen LogP contribution >= 0.6 is 0 Å². The number of fused-ring (bicyclic) bond motifs is 2. The Hall–Kier alpha value is -6.46. The van der Waals surface area contributed by atoms with Crippen molar-refractivity contribution in [1.82, 2.24) is 5.32 Å². The van der Waals surface area contributed by atoms with Gasteiger partial charge in [0.1, 0.15) is 38.8 Å². The van der Waals surface area contributed by atoms with Crippen LogP contribution in [-0.2, 0) is 45.1 Å². The maximum absolute atomic E-state index is 6.18. The molecule has 1 aliphatic heterocycles. The average molecular weight is 966 g/mol. The van der Waals surface area contributed by atoms with Gasteiger partial charge in [0.15, 0.2) is 60.9 Å². The predicted molar refractivity (Wildman–Crippen MR) is 275 cm³/mol. The molecule has 12 heteroatoms. The van der Waals surface area contributed by atoms with Crippen molar-refractivity contribution >= 4 is 0 Å². The van der Waals surface area contributed by atoms with Crippen molar-refractivity contribution in [2.75, 3.05) is 85.9 Å². The Balaban J connectivity index is 0.862. The minimum absolute atomic E-state index is 0.270. The molecule has 0 saturated heterocycles. The number of hydrogen-bond donors (Lipinski definition) is 1. The molecule has 1 N–H and O–H groups in total. The third-order valence-corrected chi connectivity index (χ3v) is 11.8. The van der Waals surface area contributed by atoms with E-state index in [0.717, 1.165) is 30.9 Å². The van der Waals surface area contributed by atoms with Gasteiger partial charge in [-0.15, -0.1) is 6.42 Å². The molecule has 12 nitrogen and oxygen atoms in total. The number of benzene rings is 4. The Kier molecular flexibility index (Phi) is 20.9. The summed E-state index contributed by atoms with van der Waals surface area (Å²) in [6.07, 6.45) is 14.2. The van der Waals surface area contributed by atoms with E-state index in [4.69, 9.17) is 49.1 Å². The summed E-state index contributed by atoms with van der Waals surface area (Å²) in [5, 5.41) is 3.59. The fourth-order valence-corrected chi connectivity index (χ4v) is 8.08. The van der Waals surface area contributed by atoms with Crippen LogP contribution in [0.25, 0.3) is 11.1 Å². The predicted octanol–water partition coefficient (Wildman–Crippen LogP) is 8.87. The minimum Gasteiger partial charge on any atom is -0.487 e. The van der Waals surface area contributed by atoms with E-state index >= 15 is 0 Å². The van der Waals surface area contributed by atoms with Gasteiger partial charge < -0.3 is 47.9 Å². The number of nitrogens with one attached hydrogen (secondary N) is 1. The summed E-state index contributed by atoms with van der Waals surface area (Å²) in [6.45, 7) is 17.0. The van der Waals surface area contributed by atoms with Crippen molar-refractivity contribution in [3.05, 3.63) is 161 Å². The summed E-state index contributed by atoms with van der Waals surface area (Å²) in [6, 6.07) is 35.7. The fourth-order valence-electron chi connectivity index (χ4n) is 8.08. The maximum atomic E-state index is 6.18. The van der Waals surface area contributed by atoms with Crippen LogP contribution in [0.4, 0.5) is 0 Å². The van der Waals surface area contributed by atoms with Gasteiger partial charge in [-0.1, -0.05) is 76.1 Å². The molecule has 4 aromatic carbocycles. The van der Waals surface area contributed by atoms with Crippen LogP contribution in [0, 0.1) is 12.3 Å². The van der Waals surface area contributed by atoms with Gasteiger partial charge in [-0.05, 0) is 81.6 Å². The van der Waals surface area contributed by atoms with Crippen LogP contribution in [0.1, 0.15) is 72.9 Å². The lowest BCUT2D eigenvalue weighted by atomic mass is 9.91. The highest BCUT2D eigenvalue weighted by molar-refractivity contribution is 5.61. The van der Waals surface area contributed by atoms with E-state index in [9.17, 15) is 0 Å². The van der Waals surface area contributed by atoms with Gasteiger partial charge in [0.05, 0.1) is 52.9 Å². The normalized spacial score (nSPS) is 14.6. The van der Waals surface area contributed by atoms with Crippen LogP contribution in [0.5, 0.6) is 28.7 Å². The number of aromatic nitrogens is 2. The average Bonchev–Trinajstić information content (AvgIpc) is 3.38. The van der Waals surface area contributed by atoms with E-state index in [0.29, 0.717) is 121 Å². The lowest BCUT2D eigenvalue weighted by Gasteiger charge is -2.20. The number of nitrogens with zero attached hydrogens (tertiary/aromatic N) is 2. The zero-order valence-electron chi connectivity index (χ0n) is 41.9. The van der Waals surface area contributed by atoms with E-state index in [1.807, 2.05) is 36.4 Å². The van der Waals surface area contributed by atoms with Crippen molar-refractivity contribution in [2.24, 2.45) is 0 Å². The van der Waals surface area contributed by atoms with Gasteiger partial charge >= 0.3 is 0 Å². The second-order valence-corrected chi connectivity index (χ2v) is 17.9. The van der Waals surface area contributed by atoms with E-state index < -0.39 is 0 Å². The molecule has 1 aliphatic rings. The van der Waals surface area contributed by atoms with Gasteiger partial charge in [0, 0.05) is 48.5 Å². The zero-order valence-corrected chi connectivity index (χ0v) is 41.9. The Bertz CT molecular complexity index is 2530. The third-order valence-electron chi connectivity index (χ3n) is 11.8. The zero-order chi connectivity index (χ0) is 49.5. The van der Waals surface area contributed by atoms with Gasteiger partial charge in [0.2, 0.25) is 0 Å². The first-order chi connectivity index (χ1) is 34.8. The topological polar surface area (TPSA) is 103 Å². The molecule has 0 unspecified atom stereocenters. The van der Waals surface area contributed by atoms with Crippen molar-refractivity contribution in [3.8, 4) is 52.2 Å². The highest BCUT2D eigenvalue weighted by Crippen LogP contribution is 2.36. The molecule has 0 fully saturated rings. The molecule has 0 saturated carbocycles. The number of rotatable bonds is 13. The van der Waals surface area contributed by atoms with Crippen LogP contribution < -0.4 is 38.1 Å². The van der Waals surface area contributed by atoms with Crippen LogP contribution in [0.15, 0.2) is 128 Å². The Morgan fingerprint density at radius 3 is 1.37 bits per heavy atom. The molecule has 0 amide bonds. The molecule has 0 spiro atoms. The van der Waals surface area contributed by atoms with E-state index in [2.05, 4.69) is 140 Å². The second kappa shape index (κ2) is 28.4.